The molecule has 0 bridgehead atoms. The van der Waals surface area contributed by atoms with Crippen molar-refractivity contribution in [1.82, 2.24) is 5.32 Å². The highest BCUT2D eigenvalue weighted by molar-refractivity contribution is 7.92. The molecule has 21 heavy (non-hydrogen) atoms. The molecule has 1 aliphatic rings. The Hall–Kier alpha value is -1.28. The second-order valence-electron chi connectivity index (χ2n) is 4.95. The van der Waals surface area contributed by atoms with E-state index in [1.807, 2.05) is 0 Å². The number of hydrogen-bond acceptors (Lipinski definition) is 4. The summed E-state index contributed by atoms with van der Waals surface area (Å²) in [6.07, 6.45) is 2.86. The van der Waals surface area contributed by atoms with Crippen LogP contribution >= 0.6 is 0 Å². The van der Waals surface area contributed by atoms with Gasteiger partial charge in [0.1, 0.15) is 0 Å². The van der Waals surface area contributed by atoms with Crippen LogP contribution in [0.25, 0.3) is 0 Å². The molecule has 0 spiro atoms. The van der Waals surface area contributed by atoms with Crippen LogP contribution in [0.3, 0.4) is 0 Å². The van der Waals surface area contributed by atoms with Crippen LogP contribution in [0, 0.1) is 0 Å². The summed E-state index contributed by atoms with van der Waals surface area (Å²) in [5.41, 5.74) is -5.30. The number of benzene rings is 1. The molecule has 2 N–H and O–H groups in total. The standard InChI is InChI=1S/C13H17F3N2O2S/c14-13(15,16)21(19,20)12-6-2-1-5-11(12)18-9-7-10-4-3-8-17-10/h1-2,5-6,10,17-18H,3-4,7-9H2. The van der Waals surface area contributed by atoms with Gasteiger partial charge in [-0.1, -0.05) is 12.1 Å². The third-order valence-electron chi connectivity index (χ3n) is 3.45. The fraction of sp³-hybridized carbons (Fsp3) is 0.538. The summed E-state index contributed by atoms with van der Waals surface area (Å²) in [4.78, 5) is -0.725. The summed E-state index contributed by atoms with van der Waals surface area (Å²) in [5.74, 6) is 0. The van der Waals surface area contributed by atoms with Gasteiger partial charge in [0.25, 0.3) is 9.84 Å². The van der Waals surface area contributed by atoms with Crippen molar-refractivity contribution in [2.45, 2.75) is 35.7 Å². The highest BCUT2D eigenvalue weighted by Gasteiger charge is 2.47. The van der Waals surface area contributed by atoms with E-state index in [0.717, 1.165) is 31.9 Å². The molecule has 1 unspecified atom stereocenters. The average Bonchev–Trinajstić information content (AvgIpc) is 2.91. The van der Waals surface area contributed by atoms with E-state index in [0.29, 0.717) is 12.6 Å². The molecule has 1 heterocycles. The van der Waals surface area contributed by atoms with Crippen molar-refractivity contribution in [3.05, 3.63) is 24.3 Å². The lowest BCUT2D eigenvalue weighted by Gasteiger charge is -2.15. The molecule has 1 aromatic rings. The molecule has 0 aromatic heterocycles. The van der Waals surface area contributed by atoms with E-state index >= 15 is 0 Å². The maximum Gasteiger partial charge on any atom is 0.501 e. The van der Waals surface area contributed by atoms with Crippen molar-refractivity contribution in [2.75, 3.05) is 18.4 Å². The fourth-order valence-corrected chi connectivity index (χ4v) is 3.29. The third-order valence-corrected chi connectivity index (χ3v) is 5.00. The van der Waals surface area contributed by atoms with Gasteiger partial charge in [0, 0.05) is 12.6 Å². The molecule has 0 aliphatic carbocycles. The molecule has 0 amide bonds. The van der Waals surface area contributed by atoms with Crippen LogP contribution in [-0.4, -0.2) is 33.1 Å². The first kappa shape index (κ1) is 16.1. The Morgan fingerprint density at radius 2 is 2.00 bits per heavy atom. The zero-order valence-corrected chi connectivity index (χ0v) is 12.1. The van der Waals surface area contributed by atoms with Crippen LogP contribution in [0.15, 0.2) is 29.2 Å². The Morgan fingerprint density at radius 3 is 2.62 bits per heavy atom. The van der Waals surface area contributed by atoms with Gasteiger partial charge in [-0.05, 0) is 37.9 Å². The van der Waals surface area contributed by atoms with Gasteiger partial charge in [-0.2, -0.15) is 13.2 Å². The molecule has 1 saturated heterocycles. The second kappa shape index (κ2) is 6.23. The van der Waals surface area contributed by atoms with Crippen molar-refractivity contribution in [3.8, 4) is 0 Å². The van der Waals surface area contributed by atoms with E-state index in [4.69, 9.17) is 0 Å². The first-order valence-electron chi connectivity index (χ1n) is 6.70. The first-order valence-corrected chi connectivity index (χ1v) is 8.18. The summed E-state index contributed by atoms with van der Waals surface area (Å²) < 4.78 is 61.0. The van der Waals surface area contributed by atoms with Crippen LogP contribution in [-0.2, 0) is 9.84 Å². The Bertz CT molecular complexity index is 581. The Morgan fingerprint density at radius 1 is 1.29 bits per heavy atom. The number of nitrogens with one attached hydrogen (secondary N) is 2. The molecule has 0 radical (unpaired) electrons. The normalized spacial score (nSPS) is 19.7. The summed E-state index contributed by atoms with van der Waals surface area (Å²) in [6.45, 7) is 1.37. The van der Waals surface area contributed by atoms with E-state index in [9.17, 15) is 21.6 Å². The van der Waals surface area contributed by atoms with Crippen LogP contribution in [0.2, 0.25) is 0 Å². The van der Waals surface area contributed by atoms with Crippen molar-refractivity contribution in [2.24, 2.45) is 0 Å². The maximum absolute atomic E-state index is 12.6. The maximum atomic E-state index is 12.6. The number of hydrogen-bond donors (Lipinski definition) is 2. The number of halogens is 3. The lowest BCUT2D eigenvalue weighted by atomic mass is 10.1. The Labute approximate surface area is 121 Å². The number of anilines is 1. The van der Waals surface area contributed by atoms with Crippen molar-refractivity contribution in [3.63, 3.8) is 0 Å². The van der Waals surface area contributed by atoms with E-state index in [1.54, 1.807) is 0 Å². The topological polar surface area (TPSA) is 58.2 Å². The lowest BCUT2D eigenvalue weighted by Crippen LogP contribution is -2.26. The van der Waals surface area contributed by atoms with Gasteiger partial charge in [0.15, 0.2) is 0 Å². The summed E-state index contributed by atoms with van der Waals surface area (Å²) >= 11 is 0. The molecule has 1 atom stereocenters. The molecule has 8 heteroatoms. The molecule has 4 nitrogen and oxygen atoms in total. The zero-order chi connectivity index (χ0) is 15.5. The smallest absolute Gasteiger partial charge is 0.384 e. The minimum absolute atomic E-state index is 0.00665. The SMILES string of the molecule is O=S(=O)(c1ccccc1NCCC1CCCN1)C(F)(F)F. The number of rotatable bonds is 5. The van der Waals surface area contributed by atoms with Crippen LogP contribution in [0.4, 0.5) is 18.9 Å². The van der Waals surface area contributed by atoms with Gasteiger partial charge in [0.05, 0.1) is 10.6 Å². The van der Waals surface area contributed by atoms with E-state index < -0.39 is 20.2 Å². The largest absolute Gasteiger partial charge is 0.501 e. The summed E-state index contributed by atoms with van der Waals surface area (Å²) in [7, 11) is -5.33. The third kappa shape index (κ3) is 3.68. The van der Waals surface area contributed by atoms with Gasteiger partial charge in [0.2, 0.25) is 0 Å². The molecule has 118 valence electrons. The van der Waals surface area contributed by atoms with Crippen LogP contribution in [0.5, 0.6) is 0 Å². The highest BCUT2D eigenvalue weighted by Crippen LogP contribution is 2.34. The quantitative estimate of drug-likeness (QED) is 0.875. The molecular weight excluding hydrogens is 305 g/mol. The first-order chi connectivity index (χ1) is 9.82. The number of sulfone groups is 1. The predicted molar refractivity (Wildman–Crippen MR) is 73.8 cm³/mol. The van der Waals surface area contributed by atoms with E-state index in [1.165, 1.54) is 18.2 Å². The fourth-order valence-electron chi connectivity index (χ4n) is 2.36. The monoisotopic (exact) mass is 322 g/mol. The van der Waals surface area contributed by atoms with Gasteiger partial charge < -0.3 is 10.6 Å². The summed E-state index contributed by atoms with van der Waals surface area (Å²) in [5, 5.41) is 6.07. The molecule has 1 fully saturated rings. The average molecular weight is 322 g/mol. The van der Waals surface area contributed by atoms with Crippen molar-refractivity contribution >= 4 is 15.5 Å². The molecule has 2 rings (SSSR count). The van der Waals surface area contributed by atoms with Crippen LogP contribution in [0.1, 0.15) is 19.3 Å². The van der Waals surface area contributed by atoms with Crippen molar-refractivity contribution < 1.29 is 21.6 Å². The lowest BCUT2D eigenvalue weighted by molar-refractivity contribution is -0.0435. The number of para-hydroxylation sites is 1. The molecule has 1 aromatic carbocycles. The zero-order valence-electron chi connectivity index (χ0n) is 11.3. The van der Waals surface area contributed by atoms with Gasteiger partial charge in [-0.3, -0.25) is 0 Å². The van der Waals surface area contributed by atoms with Gasteiger partial charge in [-0.25, -0.2) is 8.42 Å². The van der Waals surface area contributed by atoms with E-state index in [2.05, 4.69) is 10.6 Å². The Kier molecular flexibility index (Phi) is 4.77. The van der Waals surface area contributed by atoms with Gasteiger partial charge in [-0.15, -0.1) is 0 Å². The highest BCUT2D eigenvalue weighted by atomic mass is 32.2. The van der Waals surface area contributed by atoms with Crippen LogP contribution < -0.4 is 10.6 Å². The minimum atomic E-state index is -5.33. The Balaban J connectivity index is 2.10. The van der Waals surface area contributed by atoms with Crippen molar-refractivity contribution in [1.29, 1.82) is 0 Å². The minimum Gasteiger partial charge on any atom is -0.384 e. The molecule has 0 saturated carbocycles. The molecule has 1 aliphatic heterocycles. The van der Waals surface area contributed by atoms with E-state index in [-0.39, 0.29) is 5.69 Å². The van der Waals surface area contributed by atoms with Gasteiger partial charge >= 0.3 is 5.51 Å². The number of alkyl halides is 3. The summed E-state index contributed by atoms with van der Waals surface area (Å²) in [6, 6.07) is 5.44. The predicted octanol–water partition coefficient (Wildman–Crippen LogP) is 2.53. The second-order valence-corrected chi connectivity index (χ2v) is 6.86. The molecular formula is C13H17F3N2O2S.